The Hall–Kier alpha value is -1.26. The Bertz CT molecular complexity index is 541. The first-order valence-electron chi connectivity index (χ1n) is 8.20. The van der Waals surface area contributed by atoms with Gasteiger partial charge in [-0.2, -0.15) is 0 Å². The van der Waals surface area contributed by atoms with E-state index in [0.29, 0.717) is 23.6 Å². The van der Waals surface area contributed by atoms with Gasteiger partial charge in [-0.3, -0.25) is 0 Å². The average Bonchev–Trinajstić information content (AvgIpc) is 2.46. The van der Waals surface area contributed by atoms with Crippen LogP contribution in [0.3, 0.4) is 0 Å². The minimum absolute atomic E-state index is 0.0233. The van der Waals surface area contributed by atoms with E-state index in [1.165, 1.54) is 0 Å². The van der Waals surface area contributed by atoms with E-state index in [-0.39, 0.29) is 12.1 Å². The van der Waals surface area contributed by atoms with Crippen LogP contribution in [0.1, 0.15) is 58.1 Å². The molecule has 1 fully saturated rings. The molecule has 0 saturated carbocycles. The number of aliphatic hydroxyl groups is 1. The molecule has 1 aliphatic heterocycles. The molecule has 1 aliphatic rings. The van der Waals surface area contributed by atoms with E-state index in [1.807, 2.05) is 39.0 Å². The van der Waals surface area contributed by atoms with Gasteiger partial charge in [0.05, 0.1) is 6.10 Å². The molecule has 5 heteroatoms. The highest BCUT2D eigenvalue weighted by Gasteiger charge is 2.32. The van der Waals surface area contributed by atoms with E-state index in [4.69, 9.17) is 16.3 Å². The Kier molecular flexibility index (Phi) is 5.93. The predicted octanol–water partition coefficient (Wildman–Crippen LogP) is 4.55. The molecule has 1 saturated heterocycles. The zero-order chi connectivity index (χ0) is 17.0. The molecule has 4 nitrogen and oxygen atoms in total. The summed E-state index contributed by atoms with van der Waals surface area (Å²) in [6.45, 7) is 6.27. The molecule has 1 N–H and O–H groups in total. The summed E-state index contributed by atoms with van der Waals surface area (Å²) in [5, 5.41) is 11.1. The van der Waals surface area contributed by atoms with Crippen LogP contribution in [0, 0.1) is 0 Å². The number of likely N-dealkylation sites (tertiary alicyclic amines) is 1. The Labute approximate surface area is 143 Å². The van der Waals surface area contributed by atoms with Gasteiger partial charge in [0.2, 0.25) is 0 Å². The van der Waals surface area contributed by atoms with Gasteiger partial charge < -0.3 is 14.7 Å². The molecule has 1 aromatic carbocycles. The summed E-state index contributed by atoms with van der Waals surface area (Å²) < 4.78 is 5.50. The summed E-state index contributed by atoms with van der Waals surface area (Å²) in [5.41, 5.74) is 0.198. The van der Waals surface area contributed by atoms with Crippen molar-refractivity contribution >= 4 is 17.7 Å². The highest BCUT2D eigenvalue weighted by atomic mass is 35.5. The van der Waals surface area contributed by atoms with Crippen LogP contribution in [-0.2, 0) is 4.74 Å². The number of carbonyl (C=O) groups is 1. The second-order valence-corrected chi connectivity index (χ2v) is 7.50. The van der Waals surface area contributed by atoms with Gasteiger partial charge in [0.25, 0.3) is 0 Å². The molecule has 0 aromatic heterocycles. The first-order valence-corrected chi connectivity index (χ1v) is 8.58. The number of benzene rings is 1. The molecule has 2 rings (SSSR count). The summed E-state index contributed by atoms with van der Waals surface area (Å²) in [6.07, 6.45) is 2.39. The van der Waals surface area contributed by atoms with Crippen molar-refractivity contribution in [2.75, 3.05) is 6.54 Å². The van der Waals surface area contributed by atoms with E-state index in [2.05, 4.69) is 0 Å². The fourth-order valence-electron chi connectivity index (χ4n) is 2.94. The van der Waals surface area contributed by atoms with Crippen LogP contribution in [0.5, 0.6) is 0 Å². The zero-order valence-corrected chi connectivity index (χ0v) is 14.8. The predicted molar refractivity (Wildman–Crippen MR) is 91.6 cm³/mol. The Balaban J connectivity index is 2.06. The maximum absolute atomic E-state index is 12.4. The summed E-state index contributed by atoms with van der Waals surface area (Å²) in [7, 11) is 0. The van der Waals surface area contributed by atoms with E-state index in [0.717, 1.165) is 19.3 Å². The normalized spacial score (nSPS) is 20.2. The molecule has 2 atom stereocenters. The minimum Gasteiger partial charge on any atom is -0.444 e. The maximum atomic E-state index is 12.4. The first-order chi connectivity index (χ1) is 10.8. The number of nitrogens with zero attached hydrogens (tertiary/aromatic N) is 1. The lowest BCUT2D eigenvalue weighted by Gasteiger charge is -2.37. The van der Waals surface area contributed by atoms with E-state index < -0.39 is 11.7 Å². The van der Waals surface area contributed by atoms with Crippen molar-refractivity contribution < 1.29 is 14.6 Å². The third kappa shape index (κ3) is 5.11. The fraction of sp³-hybridized carbons (Fsp3) is 0.611. The molecule has 0 radical (unpaired) electrons. The molecule has 1 heterocycles. The molecular weight excluding hydrogens is 314 g/mol. The average molecular weight is 340 g/mol. The Morgan fingerprint density at radius 3 is 2.74 bits per heavy atom. The highest BCUT2D eigenvalue weighted by molar-refractivity contribution is 6.31. The molecular formula is C18H26ClNO3. The topological polar surface area (TPSA) is 49.8 Å². The zero-order valence-electron chi connectivity index (χ0n) is 14.1. The van der Waals surface area contributed by atoms with Crippen LogP contribution in [0.15, 0.2) is 24.3 Å². The highest BCUT2D eigenvalue weighted by Crippen LogP contribution is 2.31. The second kappa shape index (κ2) is 7.54. The van der Waals surface area contributed by atoms with Crippen LogP contribution in [0.25, 0.3) is 0 Å². The quantitative estimate of drug-likeness (QED) is 0.878. The van der Waals surface area contributed by atoms with E-state index in [9.17, 15) is 9.90 Å². The smallest absolute Gasteiger partial charge is 0.410 e. The van der Waals surface area contributed by atoms with Crippen molar-refractivity contribution in [3.8, 4) is 0 Å². The lowest BCUT2D eigenvalue weighted by atomic mass is 9.94. The van der Waals surface area contributed by atoms with Crippen molar-refractivity contribution in [1.82, 2.24) is 4.90 Å². The third-order valence-electron chi connectivity index (χ3n) is 4.01. The lowest BCUT2D eigenvalue weighted by Crippen LogP contribution is -2.46. The number of hydrogen-bond acceptors (Lipinski definition) is 3. The standard InChI is InChI=1S/C18H26ClNO3/c1-18(2,3)23-17(22)20-11-7-6-8-13(20)12-16(21)14-9-4-5-10-15(14)19/h4-5,9-10,13,16,21H,6-8,11-12H2,1-3H3. The van der Waals surface area contributed by atoms with Gasteiger partial charge in [-0.25, -0.2) is 4.79 Å². The molecule has 128 valence electrons. The monoisotopic (exact) mass is 339 g/mol. The van der Waals surface area contributed by atoms with Crippen molar-refractivity contribution in [2.45, 2.75) is 64.2 Å². The van der Waals surface area contributed by atoms with Crippen LogP contribution < -0.4 is 0 Å². The van der Waals surface area contributed by atoms with Gasteiger partial charge in [-0.05, 0) is 58.1 Å². The van der Waals surface area contributed by atoms with Gasteiger partial charge in [0.1, 0.15) is 5.60 Å². The number of ether oxygens (including phenoxy) is 1. The van der Waals surface area contributed by atoms with Gasteiger partial charge in [0, 0.05) is 17.6 Å². The minimum atomic E-state index is -0.684. The van der Waals surface area contributed by atoms with Crippen LogP contribution in [0.2, 0.25) is 5.02 Å². The number of amides is 1. The van der Waals surface area contributed by atoms with Gasteiger partial charge in [-0.1, -0.05) is 29.8 Å². The fourth-order valence-corrected chi connectivity index (χ4v) is 3.20. The number of halogens is 1. The summed E-state index contributed by atoms with van der Waals surface area (Å²) >= 11 is 6.16. The molecule has 1 aromatic rings. The van der Waals surface area contributed by atoms with Crippen molar-refractivity contribution in [3.63, 3.8) is 0 Å². The number of carbonyl (C=O) groups excluding carboxylic acids is 1. The van der Waals surface area contributed by atoms with E-state index >= 15 is 0 Å². The van der Waals surface area contributed by atoms with Crippen molar-refractivity contribution in [2.24, 2.45) is 0 Å². The Morgan fingerprint density at radius 1 is 1.39 bits per heavy atom. The van der Waals surface area contributed by atoms with Crippen LogP contribution in [0.4, 0.5) is 4.79 Å². The van der Waals surface area contributed by atoms with E-state index in [1.54, 1.807) is 11.0 Å². The van der Waals surface area contributed by atoms with Crippen molar-refractivity contribution in [3.05, 3.63) is 34.9 Å². The molecule has 1 amide bonds. The summed E-state index contributed by atoms with van der Waals surface area (Å²) in [4.78, 5) is 14.2. The number of piperidine rings is 1. The first kappa shape index (κ1) is 18.1. The molecule has 23 heavy (non-hydrogen) atoms. The maximum Gasteiger partial charge on any atom is 0.410 e. The van der Waals surface area contributed by atoms with Gasteiger partial charge >= 0.3 is 6.09 Å². The molecule has 0 bridgehead atoms. The van der Waals surface area contributed by atoms with Crippen molar-refractivity contribution in [1.29, 1.82) is 0 Å². The number of rotatable bonds is 3. The Morgan fingerprint density at radius 2 is 2.09 bits per heavy atom. The van der Waals surface area contributed by atoms with Gasteiger partial charge in [0.15, 0.2) is 0 Å². The summed E-state index contributed by atoms with van der Waals surface area (Å²) in [6, 6.07) is 7.27. The third-order valence-corrected chi connectivity index (χ3v) is 4.36. The summed E-state index contributed by atoms with van der Waals surface area (Å²) in [5.74, 6) is 0. The van der Waals surface area contributed by atoms with Gasteiger partial charge in [-0.15, -0.1) is 0 Å². The van der Waals surface area contributed by atoms with Crippen LogP contribution in [-0.4, -0.2) is 34.3 Å². The number of aliphatic hydroxyl groups excluding tert-OH is 1. The van der Waals surface area contributed by atoms with Crippen LogP contribution >= 0.6 is 11.6 Å². The number of hydrogen-bond donors (Lipinski definition) is 1. The molecule has 0 aliphatic carbocycles. The molecule has 0 spiro atoms. The largest absolute Gasteiger partial charge is 0.444 e. The SMILES string of the molecule is CC(C)(C)OC(=O)N1CCCCC1CC(O)c1ccccc1Cl. The lowest BCUT2D eigenvalue weighted by molar-refractivity contribution is 0.00238. The second-order valence-electron chi connectivity index (χ2n) is 7.10. The molecule has 2 unspecified atom stereocenters.